The van der Waals surface area contributed by atoms with E-state index in [1.165, 1.54) is 27.6 Å². The summed E-state index contributed by atoms with van der Waals surface area (Å²) in [6.45, 7) is 7.57. The number of fused-ring (bicyclic) bond motifs is 1. The Morgan fingerprint density at radius 2 is 1.45 bits per heavy atom. The summed E-state index contributed by atoms with van der Waals surface area (Å²) in [6, 6.07) is 23.9. The molecule has 0 aromatic heterocycles. The molecule has 0 saturated heterocycles. The van der Waals surface area contributed by atoms with Crippen molar-refractivity contribution in [2.45, 2.75) is 32.7 Å². The molecular weight excluding hydrogens is 266 g/mol. The lowest BCUT2D eigenvalue weighted by molar-refractivity contribution is 0.590. The zero-order valence-corrected chi connectivity index (χ0v) is 13.6. The number of nitrogens with one attached hydrogen (secondary N) is 1. The van der Waals surface area contributed by atoms with Crippen LogP contribution in [0.1, 0.15) is 31.9 Å². The average Bonchev–Trinajstić information content (AvgIpc) is 2.52. The SMILES string of the molecule is CC(C)(C)c1ccc(NCc2ccc3ccccc3c2)cc1. The molecule has 3 aromatic rings. The molecule has 3 aromatic carbocycles. The summed E-state index contributed by atoms with van der Waals surface area (Å²) in [6.07, 6.45) is 0. The Hall–Kier alpha value is -2.28. The molecule has 0 spiro atoms. The molecule has 112 valence electrons. The van der Waals surface area contributed by atoms with E-state index in [1.807, 2.05) is 0 Å². The highest BCUT2D eigenvalue weighted by Crippen LogP contribution is 2.24. The van der Waals surface area contributed by atoms with Crippen molar-refractivity contribution in [3.05, 3.63) is 77.9 Å². The highest BCUT2D eigenvalue weighted by Gasteiger charge is 2.12. The lowest BCUT2D eigenvalue weighted by atomic mass is 9.87. The maximum absolute atomic E-state index is 3.50. The van der Waals surface area contributed by atoms with Crippen LogP contribution in [0.2, 0.25) is 0 Å². The smallest absolute Gasteiger partial charge is 0.0401 e. The van der Waals surface area contributed by atoms with Crippen LogP contribution in [0.15, 0.2) is 66.7 Å². The Balaban J connectivity index is 1.71. The molecular formula is C21H23N. The van der Waals surface area contributed by atoms with Gasteiger partial charge in [-0.1, -0.05) is 69.3 Å². The molecule has 22 heavy (non-hydrogen) atoms. The van der Waals surface area contributed by atoms with Crippen molar-refractivity contribution in [1.29, 1.82) is 0 Å². The number of benzene rings is 3. The van der Waals surface area contributed by atoms with E-state index < -0.39 is 0 Å². The minimum Gasteiger partial charge on any atom is -0.381 e. The van der Waals surface area contributed by atoms with Crippen molar-refractivity contribution >= 4 is 16.5 Å². The minimum atomic E-state index is 0.205. The van der Waals surface area contributed by atoms with Gasteiger partial charge in [-0.25, -0.2) is 0 Å². The van der Waals surface area contributed by atoms with Gasteiger partial charge in [0.25, 0.3) is 0 Å². The highest BCUT2D eigenvalue weighted by molar-refractivity contribution is 5.83. The largest absolute Gasteiger partial charge is 0.381 e. The van der Waals surface area contributed by atoms with E-state index in [1.54, 1.807) is 0 Å². The van der Waals surface area contributed by atoms with Gasteiger partial charge in [-0.05, 0) is 45.5 Å². The molecule has 3 rings (SSSR count). The van der Waals surface area contributed by atoms with Crippen molar-refractivity contribution in [1.82, 2.24) is 0 Å². The fourth-order valence-corrected chi connectivity index (χ4v) is 2.64. The first-order valence-electron chi connectivity index (χ1n) is 7.84. The van der Waals surface area contributed by atoms with Crippen LogP contribution < -0.4 is 5.32 Å². The zero-order chi connectivity index (χ0) is 15.6. The fourth-order valence-electron chi connectivity index (χ4n) is 2.64. The lowest BCUT2D eigenvalue weighted by Crippen LogP contribution is -2.10. The molecule has 0 saturated carbocycles. The van der Waals surface area contributed by atoms with Gasteiger partial charge in [0.05, 0.1) is 0 Å². The number of hydrogen-bond acceptors (Lipinski definition) is 1. The van der Waals surface area contributed by atoms with Crippen LogP contribution in [0.4, 0.5) is 5.69 Å². The van der Waals surface area contributed by atoms with Gasteiger partial charge in [-0.15, -0.1) is 0 Å². The average molecular weight is 289 g/mol. The van der Waals surface area contributed by atoms with Gasteiger partial charge in [0.1, 0.15) is 0 Å². The van der Waals surface area contributed by atoms with E-state index in [4.69, 9.17) is 0 Å². The molecule has 0 aliphatic rings. The molecule has 0 unspecified atom stereocenters. The van der Waals surface area contributed by atoms with Crippen LogP contribution in [0.5, 0.6) is 0 Å². The summed E-state index contributed by atoms with van der Waals surface area (Å²) in [5, 5.41) is 6.09. The second-order valence-corrected chi connectivity index (χ2v) is 6.86. The van der Waals surface area contributed by atoms with Gasteiger partial charge < -0.3 is 5.32 Å². The second-order valence-electron chi connectivity index (χ2n) is 6.86. The van der Waals surface area contributed by atoms with E-state index in [0.717, 1.165) is 6.54 Å². The summed E-state index contributed by atoms with van der Waals surface area (Å²) in [5.74, 6) is 0. The normalized spacial score (nSPS) is 11.6. The van der Waals surface area contributed by atoms with Gasteiger partial charge in [-0.3, -0.25) is 0 Å². The van der Waals surface area contributed by atoms with Gasteiger partial charge in [-0.2, -0.15) is 0 Å². The Morgan fingerprint density at radius 1 is 0.773 bits per heavy atom. The summed E-state index contributed by atoms with van der Waals surface area (Å²) >= 11 is 0. The second kappa shape index (κ2) is 5.84. The van der Waals surface area contributed by atoms with Crippen molar-refractivity contribution in [3.63, 3.8) is 0 Å². The molecule has 1 heteroatoms. The summed E-state index contributed by atoms with van der Waals surface area (Å²) < 4.78 is 0. The number of anilines is 1. The summed E-state index contributed by atoms with van der Waals surface area (Å²) in [5.41, 5.74) is 4.04. The molecule has 1 nitrogen and oxygen atoms in total. The van der Waals surface area contributed by atoms with Crippen LogP contribution in [-0.2, 0) is 12.0 Å². The Kier molecular flexibility index (Phi) is 3.89. The quantitative estimate of drug-likeness (QED) is 0.647. The first kappa shape index (κ1) is 14.6. The molecule has 0 aliphatic carbocycles. The van der Waals surface area contributed by atoms with Crippen molar-refractivity contribution in [2.24, 2.45) is 0 Å². The first-order chi connectivity index (χ1) is 10.5. The van der Waals surface area contributed by atoms with Crippen molar-refractivity contribution in [3.8, 4) is 0 Å². The molecule has 1 N–H and O–H groups in total. The van der Waals surface area contributed by atoms with Gasteiger partial charge in [0.15, 0.2) is 0 Å². The third-order valence-electron chi connectivity index (χ3n) is 4.06. The minimum absolute atomic E-state index is 0.205. The van der Waals surface area contributed by atoms with Crippen LogP contribution in [0.25, 0.3) is 10.8 Å². The zero-order valence-electron chi connectivity index (χ0n) is 13.6. The van der Waals surface area contributed by atoms with E-state index >= 15 is 0 Å². The van der Waals surface area contributed by atoms with Crippen molar-refractivity contribution < 1.29 is 0 Å². The number of hydrogen-bond donors (Lipinski definition) is 1. The molecule has 0 aliphatic heterocycles. The van der Waals surface area contributed by atoms with Crippen LogP contribution in [0.3, 0.4) is 0 Å². The van der Waals surface area contributed by atoms with Crippen LogP contribution in [0, 0.1) is 0 Å². The fraction of sp³-hybridized carbons (Fsp3) is 0.238. The van der Waals surface area contributed by atoms with E-state index in [2.05, 4.69) is 92.8 Å². The van der Waals surface area contributed by atoms with Crippen LogP contribution >= 0.6 is 0 Å². The molecule has 0 fully saturated rings. The molecule has 0 radical (unpaired) electrons. The van der Waals surface area contributed by atoms with Crippen molar-refractivity contribution in [2.75, 3.05) is 5.32 Å². The predicted molar refractivity (Wildman–Crippen MR) is 96.4 cm³/mol. The third kappa shape index (κ3) is 3.30. The molecule has 0 heterocycles. The molecule has 0 bridgehead atoms. The summed E-state index contributed by atoms with van der Waals surface area (Å²) in [4.78, 5) is 0. The Morgan fingerprint density at radius 3 is 2.14 bits per heavy atom. The Labute approximate surface area is 133 Å². The topological polar surface area (TPSA) is 12.0 Å². The van der Waals surface area contributed by atoms with Crippen LogP contribution in [-0.4, -0.2) is 0 Å². The number of rotatable bonds is 3. The first-order valence-corrected chi connectivity index (χ1v) is 7.84. The monoisotopic (exact) mass is 289 g/mol. The van der Waals surface area contributed by atoms with E-state index in [-0.39, 0.29) is 5.41 Å². The maximum Gasteiger partial charge on any atom is 0.0401 e. The van der Waals surface area contributed by atoms with Gasteiger partial charge in [0, 0.05) is 12.2 Å². The Bertz CT molecular complexity index is 764. The maximum atomic E-state index is 3.50. The van der Waals surface area contributed by atoms with E-state index in [0.29, 0.717) is 0 Å². The lowest BCUT2D eigenvalue weighted by Gasteiger charge is -2.19. The van der Waals surface area contributed by atoms with Gasteiger partial charge in [0.2, 0.25) is 0 Å². The molecule has 0 atom stereocenters. The highest BCUT2D eigenvalue weighted by atomic mass is 14.9. The molecule has 0 amide bonds. The van der Waals surface area contributed by atoms with Gasteiger partial charge >= 0.3 is 0 Å². The standard InChI is InChI=1S/C21H23N/c1-21(2,3)19-10-12-20(13-11-19)22-15-16-8-9-17-6-4-5-7-18(17)14-16/h4-14,22H,15H2,1-3H3. The third-order valence-corrected chi connectivity index (χ3v) is 4.06. The summed E-state index contributed by atoms with van der Waals surface area (Å²) in [7, 11) is 0. The predicted octanol–water partition coefficient (Wildman–Crippen LogP) is 5.75. The van der Waals surface area contributed by atoms with E-state index in [9.17, 15) is 0 Å².